The second-order valence-electron chi connectivity index (χ2n) is 5.03. The van der Waals surface area contributed by atoms with Crippen LogP contribution in [-0.4, -0.2) is 29.9 Å². The van der Waals surface area contributed by atoms with Crippen LogP contribution in [0.1, 0.15) is 35.0 Å². The lowest BCUT2D eigenvalue weighted by molar-refractivity contribution is 0.0785. The Morgan fingerprint density at radius 1 is 1.43 bits per heavy atom. The number of thiophene rings is 1. The van der Waals surface area contributed by atoms with E-state index >= 15 is 0 Å². The largest absolute Gasteiger partial charge is 0.373 e. The number of anilines is 1. The third-order valence-electron chi connectivity index (χ3n) is 3.23. The zero-order valence-electron chi connectivity index (χ0n) is 12.7. The quantitative estimate of drug-likeness (QED) is 0.889. The third-order valence-corrected chi connectivity index (χ3v) is 3.97. The van der Waals surface area contributed by atoms with Crippen molar-refractivity contribution in [2.24, 2.45) is 0 Å². The highest BCUT2D eigenvalue weighted by Gasteiger charge is 2.14. The Balaban J connectivity index is 2.18. The molecule has 2 heterocycles. The first-order valence-corrected chi connectivity index (χ1v) is 8.03. The fourth-order valence-electron chi connectivity index (χ4n) is 2.17. The normalized spacial score (nSPS) is 10.4. The first-order chi connectivity index (χ1) is 10.1. The molecule has 5 heteroatoms. The molecule has 2 aromatic rings. The zero-order valence-corrected chi connectivity index (χ0v) is 13.5. The molecule has 0 saturated heterocycles. The second-order valence-corrected chi connectivity index (χ2v) is 5.81. The van der Waals surface area contributed by atoms with Gasteiger partial charge in [0, 0.05) is 31.9 Å². The summed E-state index contributed by atoms with van der Waals surface area (Å²) < 4.78 is 0. The number of aryl methyl sites for hydroxylation is 1. The number of nitrogens with one attached hydrogen (secondary N) is 1. The smallest absolute Gasteiger partial charge is 0.254 e. The van der Waals surface area contributed by atoms with Crippen molar-refractivity contribution in [1.29, 1.82) is 0 Å². The minimum Gasteiger partial charge on any atom is -0.373 e. The minimum atomic E-state index is 0.0254. The Kier molecular flexibility index (Phi) is 5.33. The Bertz CT molecular complexity index is 596. The zero-order chi connectivity index (χ0) is 15.2. The molecule has 1 amide bonds. The molecular weight excluding hydrogens is 282 g/mol. The molecule has 2 aromatic heterocycles. The van der Waals surface area contributed by atoms with Gasteiger partial charge in [-0.15, -0.1) is 0 Å². The molecule has 0 atom stereocenters. The Morgan fingerprint density at radius 3 is 2.86 bits per heavy atom. The first kappa shape index (κ1) is 15.5. The van der Waals surface area contributed by atoms with Crippen molar-refractivity contribution < 1.29 is 4.79 Å². The molecule has 0 fully saturated rings. The fourth-order valence-corrected chi connectivity index (χ4v) is 2.83. The molecular formula is C16H21N3OS. The van der Waals surface area contributed by atoms with Crippen molar-refractivity contribution in [2.45, 2.75) is 26.3 Å². The first-order valence-electron chi connectivity index (χ1n) is 7.09. The molecule has 2 rings (SSSR count). The van der Waals surface area contributed by atoms with Crippen LogP contribution in [0.4, 0.5) is 5.82 Å². The lowest BCUT2D eigenvalue weighted by Crippen LogP contribution is -2.26. The van der Waals surface area contributed by atoms with Crippen molar-refractivity contribution in [3.05, 3.63) is 45.8 Å². The summed E-state index contributed by atoms with van der Waals surface area (Å²) in [6, 6.07) is 5.75. The van der Waals surface area contributed by atoms with Gasteiger partial charge in [0.05, 0.1) is 0 Å². The maximum absolute atomic E-state index is 12.6. The fraction of sp³-hybridized carbons (Fsp3) is 0.375. The van der Waals surface area contributed by atoms with Crippen LogP contribution in [-0.2, 0) is 13.0 Å². The lowest BCUT2D eigenvalue weighted by atomic mass is 10.1. The van der Waals surface area contributed by atoms with E-state index in [2.05, 4.69) is 22.6 Å². The Labute approximate surface area is 129 Å². The highest BCUT2D eigenvalue weighted by molar-refractivity contribution is 7.07. The molecule has 4 nitrogen and oxygen atoms in total. The van der Waals surface area contributed by atoms with E-state index in [1.807, 2.05) is 37.7 Å². The molecule has 0 radical (unpaired) electrons. The van der Waals surface area contributed by atoms with Crippen LogP contribution in [0, 0.1) is 0 Å². The monoisotopic (exact) mass is 303 g/mol. The molecule has 21 heavy (non-hydrogen) atoms. The number of hydrogen-bond acceptors (Lipinski definition) is 4. The summed E-state index contributed by atoms with van der Waals surface area (Å²) in [7, 11) is 3.65. The predicted octanol–water partition coefficient (Wildman–Crippen LogP) is 3.41. The van der Waals surface area contributed by atoms with Crippen LogP contribution in [0.3, 0.4) is 0 Å². The van der Waals surface area contributed by atoms with E-state index in [9.17, 15) is 4.79 Å². The lowest BCUT2D eigenvalue weighted by Gasteiger charge is -2.17. The van der Waals surface area contributed by atoms with Crippen LogP contribution in [0.25, 0.3) is 0 Å². The summed E-state index contributed by atoms with van der Waals surface area (Å²) in [5, 5.41) is 7.12. The molecule has 112 valence electrons. The summed E-state index contributed by atoms with van der Waals surface area (Å²) in [6.45, 7) is 2.74. The highest BCUT2D eigenvalue weighted by atomic mass is 32.1. The van der Waals surface area contributed by atoms with Gasteiger partial charge in [0.1, 0.15) is 5.82 Å². The van der Waals surface area contributed by atoms with E-state index in [0.717, 1.165) is 29.9 Å². The average molecular weight is 303 g/mol. The second kappa shape index (κ2) is 7.22. The topological polar surface area (TPSA) is 45.2 Å². The van der Waals surface area contributed by atoms with Crippen LogP contribution >= 0.6 is 11.3 Å². The number of rotatable bonds is 6. The van der Waals surface area contributed by atoms with E-state index in [4.69, 9.17) is 0 Å². The van der Waals surface area contributed by atoms with Crippen LogP contribution < -0.4 is 5.32 Å². The molecule has 0 bridgehead atoms. The van der Waals surface area contributed by atoms with Gasteiger partial charge in [-0.25, -0.2) is 4.98 Å². The Morgan fingerprint density at radius 2 is 2.24 bits per heavy atom. The summed E-state index contributed by atoms with van der Waals surface area (Å²) in [5.74, 6) is 0.769. The maximum atomic E-state index is 12.6. The molecule has 0 aliphatic carbocycles. The number of nitrogens with zero attached hydrogens (tertiary/aromatic N) is 2. The number of pyridine rings is 1. The number of carbonyl (C=O) groups is 1. The van der Waals surface area contributed by atoms with Gasteiger partial charge in [0.15, 0.2) is 0 Å². The van der Waals surface area contributed by atoms with Crippen LogP contribution in [0.5, 0.6) is 0 Å². The average Bonchev–Trinajstić information content (AvgIpc) is 2.99. The van der Waals surface area contributed by atoms with Gasteiger partial charge in [-0.1, -0.05) is 13.3 Å². The number of carbonyl (C=O) groups excluding carboxylic acids is 1. The van der Waals surface area contributed by atoms with E-state index in [1.54, 1.807) is 16.2 Å². The van der Waals surface area contributed by atoms with Gasteiger partial charge in [-0.2, -0.15) is 11.3 Å². The number of aromatic nitrogens is 1. The van der Waals surface area contributed by atoms with Gasteiger partial charge in [0.25, 0.3) is 5.91 Å². The summed E-state index contributed by atoms with van der Waals surface area (Å²) in [6.07, 6.45) is 1.89. The van der Waals surface area contributed by atoms with Crippen molar-refractivity contribution in [3.8, 4) is 0 Å². The van der Waals surface area contributed by atoms with E-state index < -0.39 is 0 Å². The summed E-state index contributed by atoms with van der Waals surface area (Å²) >= 11 is 1.65. The van der Waals surface area contributed by atoms with E-state index in [-0.39, 0.29) is 5.91 Å². The Hall–Kier alpha value is -1.88. The van der Waals surface area contributed by atoms with Gasteiger partial charge in [-0.05, 0) is 40.9 Å². The van der Waals surface area contributed by atoms with E-state index in [0.29, 0.717) is 12.1 Å². The molecule has 0 unspecified atom stereocenters. The predicted molar refractivity (Wildman–Crippen MR) is 87.9 cm³/mol. The van der Waals surface area contributed by atoms with Crippen molar-refractivity contribution in [2.75, 3.05) is 19.4 Å². The van der Waals surface area contributed by atoms with Gasteiger partial charge >= 0.3 is 0 Å². The third kappa shape index (κ3) is 4.04. The van der Waals surface area contributed by atoms with Crippen LogP contribution in [0.15, 0.2) is 29.0 Å². The van der Waals surface area contributed by atoms with Crippen molar-refractivity contribution >= 4 is 23.1 Å². The molecule has 1 N–H and O–H groups in total. The van der Waals surface area contributed by atoms with E-state index in [1.165, 1.54) is 0 Å². The molecule has 0 spiro atoms. The SMILES string of the molecule is CCCc1cc(C(=O)N(C)Cc2ccsc2)cc(NC)n1. The highest BCUT2D eigenvalue weighted by Crippen LogP contribution is 2.15. The molecule has 0 aromatic carbocycles. The molecule has 0 aliphatic heterocycles. The van der Waals surface area contributed by atoms with Crippen molar-refractivity contribution in [3.63, 3.8) is 0 Å². The number of amides is 1. The van der Waals surface area contributed by atoms with Crippen LogP contribution in [0.2, 0.25) is 0 Å². The maximum Gasteiger partial charge on any atom is 0.254 e. The van der Waals surface area contributed by atoms with Crippen molar-refractivity contribution in [1.82, 2.24) is 9.88 Å². The molecule has 0 aliphatic rings. The van der Waals surface area contributed by atoms with Gasteiger partial charge in [0.2, 0.25) is 0 Å². The van der Waals surface area contributed by atoms with Gasteiger partial charge < -0.3 is 10.2 Å². The number of hydrogen-bond donors (Lipinski definition) is 1. The minimum absolute atomic E-state index is 0.0254. The molecule has 0 saturated carbocycles. The van der Waals surface area contributed by atoms with Gasteiger partial charge in [-0.3, -0.25) is 4.79 Å². The summed E-state index contributed by atoms with van der Waals surface area (Å²) in [4.78, 5) is 18.8. The standard InChI is InChI=1S/C16H21N3OS/c1-4-5-14-8-13(9-15(17-2)18-14)16(20)19(3)10-12-6-7-21-11-12/h6-9,11H,4-5,10H2,1-3H3,(H,17,18). The summed E-state index contributed by atoms with van der Waals surface area (Å²) in [5.41, 5.74) is 2.81.